The van der Waals surface area contributed by atoms with E-state index >= 15 is 0 Å². The fourth-order valence-corrected chi connectivity index (χ4v) is 2.09. The van der Waals surface area contributed by atoms with E-state index in [9.17, 15) is 9.65 Å². The molecule has 4 nitrogen and oxygen atoms in total. The van der Waals surface area contributed by atoms with Crippen LogP contribution in [-0.4, -0.2) is 15.0 Å². The van der Waals surface area contributed by atoms with E-state index in [-0.39, 0.29) is 11.5 Å². The Bertz CT molecular complexity index is 811. The maximum absolute atomic E-state index is 13.1. The van der Waals surface area contributed by atoms with E-state index in [2.05, 4.69) is 10.3 Å². The van der Waals surface area contributed by atoms with E-state index in [1.165, 1.54) is 12.1 Å². The summed E-state index contributed by atoms with van der Waals surface area (Å²) in [5.41, 5.74) is 3.39. The first-order valence-electron chi connectivity index (χ1n) is 6.38. The van der Waals surface area contributed by atoms with Crippen molar-refractivity contribution in [3.05, 3.63) is 65.6 Å². The van der Waals surface area contributed by atoms with Crippen LogP contribution >= 0.6 is 0 Å². The van der Waals surface area contributed by atoms with Crippen LogP contribution < -0.4 is 0 Å². The zero-order valence-corrected chi connectivity index (χ0v) is 11.3. The van der Waals surface area contributed by atoms with Crippen LogP contribution in [0.5, 0.6) is 0 Å². The molecule has 5 heteroatoms. The zero-order chi connectivity index (χ0) is 14.8. The van der Waals surface area contributed by atoms with Crippen LogP contribution in [0.4, 0.5) is 4.39 Å². The Morgan fingerprint density at radius 3 is 2.33 bits per heavy atom. The number of nitriles is 1. The van der Waals surface area contributed by atoms with Crippen LogP contribution in [-0.2, 0) is 0 Å². The number of aromatic nitrogens is 3. The summed E-state index contributed by atoms with van der Waals surface area (Å²) in [7, 11) is 0. The second-order valence-electron chi connectivity index (χ2n) is 4.65. The number of hydrogen-bond acceptors (Lipinski definition) is 3. The molecule has 2 aromatic carbocycles. The minimum absolute atomic E-state index is 0.210. The predicted molar refractivity (Wildman–Crippen MR) is 76.2 cm³/mol. The third kappa shape index (κ3) is 2.39. The highest BCUT2D eigenvalue weighted by molar-refractivity contribution is 5.66. The second-order valence-corrected chi connectivity index (χ2v) is 4.65. The summed E-state index contributed by atoms with van der Waals surface area (Å²) in [5, 5.41) is 17.1. The van der Waals surface area contributed by atoms with E-state index < -0.39 is 0 Å². The molecule has 0 aliphatic carbocycles. The van der Waals surface area contributed by atoms with E-state index in [1.807, 2.05) is 37.3 Å². The molecule has 0 aliphatic rings. The van der Waals surface area contributed by atoms with Gasteiger partial charge in [-0.25, -0.2) is 9.07 Å². The number of hydrogen-bond donors (Lipinski definition) is 0. The Morgan fingerprint density at radius 1 is 1.05 bits per heavy atom. The van der Waals surface area contributed by atoms with Gasteiger partial charge in [0.2, 0.25) is 0 Å². The van der Waals surface area contributed by atoms with Gasteiger partial charge < -0.3 is 0 Å². The molecule has 0 bridgehead atoms. The highest BCUT2D eigenvalue weighted by atomic mass is 19.1. The summed E-state index contributed by atoms with van der Waals surface area (Å²) in [6.45, 7) is 1.99. The van der Waals surface area contributed by atoms with Crippen LogP contribution in [0, 0.1) is 24.1 Å². The van der Waals surface area contributed by atoms with Crippen molar-refractivity contribution < 1.29 is 4.39 Å². The molecule has 3 aromatic rings. The smallest absolute Gasteiger partial charge is 0.191 e. The Morgan fingerprint density at radius 2 is 1.71 bits per heavy atom. The van der Waals surface area contributed by atoms with Gasteiger partial charge in [-0.3, -0.25) is 0 Å². The Hall–Kier alpha value is -3.00. The van der Waals surface area contributed by atoms with Crippen molar-refractivity contribution >= 4 is 0 Å². The van der Waals surface area contributed by atoms with Crippen LogP contribution in [0.3, 0.4) is 0 Å². The van der Waals surface area contributed by atoms with Gasteiger partial charge >= 0.3 is 0 Å². The molecule has 0 unspecified atom stereocenters. The summed E-state index contributed by atoms with van der Waals surface area (Å²) < 4.78 is 14.7. The topological polar surface area (TPSA) is 54.5 Å². The lowest BCUT2D eigenvalue weighted by atomic mass is 10.1. The number of nitrogens with zero attached hydrogens (tertiary/aromatic N) is 4. The maximum atomic E-state index is 13.1. The Kier molecular flexibility index (Phi) is 3.20. The minimum atomic E-state index is -0.327. The van der Waals surface area contributed by atoms with Crippen LogP contribution in [0.15, 0.2) is 48.5 Å². The molecule has 1 heterocycles. The van der Waals surface area contributed by atoms with E-state index in [1.54, 1.807) is 16.8 Å². The maximum Gasteiger partial charge on any atom is 0.191 e. The molecule has 102 valence electrons. The first kappa shape index (κ1) is 13.0. The van der Waals surface area contributed by atoms with Crippen molar-refractivity contribution in [2.45, 2.75) is 6.92 Å². The van der Waals surface area contributed by atoms with Gasteiger partial charge in [-0.15, -0.1) is 5.10 Å². The molecule has 0 fully saturated rings. The summed E-state index contributed by atoms with van der Waals surface area (Å²) >= 11 is 0. The van der Waals surface area contributed by atoms with Gasteiger partial charge in [-0.2, -0.15) is 5.26 Å². The fraction of sp³-hybridized carbons (Fsp3) is 0.0625. The van der Waals surface area contributed by atoms with Gasteiger partial charge in [-0.1, -0.05) is 22.9 Å². The molecule has 0 amide bonds. The summed E-state index contributed by atoms with van der Waals surface area (Å²) in [5.74, 6) is -0.327. The highest BCUT2D eigenvalue weighted by Crippen LogP contribution is 2.25. The quantitative estimate of drug-likeness (QED) is 0.723. The zero-order valence-electron chi connectivity index (χ0n) is 11.3. The van der Waals surface area contributed by atoms with Gasteiger partial charge in [0.05, 0.1) is 5.69 Å². The molecule has 0 saturated heterocycles. The first-order valence-corrected chi connectivity index (χ1v) is 6.38. The van der Waals surface area contributed by atoms with E-state index in [0.717, 1.165) is 11.3 Å². The summed E-state index contributed by atoms with van der Waals surface area (Å²) in [4.78, 5) is 0. The number of aryl methyl sites for hydroxylation is 1. The van der Waals surface area contributed by atoms with Crippen molar-refractivity contribution in [3.8, 4) is 23.0 Å². The lowest BCUT2D eigenvalue weighted by Gasteiger charge is -2.07. The van der Waals surface area contributed by atoms with Crippen molar-refractivity contribution in [2.24, 2.45) is 0 Å². The average molecular weight is 278 g/mol. The first-order chi connectivity index (χ1) is 10.2. The summed E-state index contributed by atoms with van der Waals surface area (Å²) in [6.07, 6.45) is 0. The number of rotatable bonds is 2. The molecule has 21 heavy (non-hydrogen) atoms. The lowest BCUT2D eigenvalue weighted by molar-refractivity contribution is 0.628. The Balaban J connectivity index is 2.19. The van der Waals surface area contributed by atoms with E-state index in [0.29, 0.717) is 11.3 Å². The van der Waals surface area contributed by atoms with Gasteiger partial charge in [0.1, 0.15) is 17.6 Å². The van der Waals surface area contributed by atoms with Gasteiger partial charge in [-0.05, 0) is 43.3 Å². The van der Waals surface area contributed by atoms with Crippen LogP contribution in [0.2, 0.25) is 0 Å². The molecule has 0 aliphatic heterocycles. The molecular weight excluding hydrogens is 267 g/mol. The standard InChI is InChI=1S/C16H11FN4/c1-11-2-8-14(9-3-11)21-16(15(10-18)19-20-21)12-4-6-13(17)7-5-12/h2-9H,1H3. The normalized spacial score (nSPS) is 10.3. The van der Waals surface area contributed by atoms with Gasteiger partial charge in [0.25, 0.3) is 0 Å². The van der Waals surface area contributed by atoms with E-state index in [4.69, 9.17) is 0 Å². The van der Waals surface area contributed by atoms with Crippen LogP contribution in [0.25, 0.3) is 16.9 Å². The average Bonchev–Trinajstić information content (AvgIpc) is 2.93. The fourth-order valence-electron chi connectivity index (χ4n) is 2.09. The Labute approximate surface area is 121 Å². The number of halogens is 1. The molecular formula is C16H11FN4. The third-order valence-corrected chi connectivity index (χ3v) is 3.17. The SMILES string of the molecule is Cc1ccc(-n2nnc(C#N)c2-c2ccc(F)cc2)cc1. The molecule has 0 saturated carbocycles. The lowest BCUT2D eigenvalue weighted by Crippen LogP contribution is -1.99. The third-order valence-electron chi connectivity index (χ3n) is 3.17. The monoisotopic (exact) mass is 278 g/mol. The molecule has 0 radical (unpaired) electrons. The second kappa shape index (κ2) is 5.17. The molecule has 0 spiro atoms. The van der Waals surface area contributed by atoms with Crippen LogP contribution in [0.1, 0.15) is 11.3 Å². The molecule has 1 aromatic heterocycles. The van der Waals surface area contributed by atoms with Crippen molar-refractivity contribution in [1.29, 1.82) is 5.26 Å². The van der Waals surface area contributed by atoms with Gasteiger partial charge in [0.15, 0.2) is 5.69 Å². The molecule has 0 atom stereocenters. The largest absolute Gasteiger partial charge is 0.211 e. The minimum Gasteiger partial charge on any atom is -0.211 e. The van der Waals surface area contributed by atoms with Crippen molar-refractivity contribution in [2.75, 3.05) is 0 Å². The van der Waals surface area contributed by atoms with Crippen molar-refractivity contribution in [1.82, 2.24) is 15.0 Å². The molecule has 0 N–H and O–H groups in total. The molecule has 3 rings (SSSR count). The predicted octanol–water partition coefficient (Wildman–Crippen LogP) is 3.25. The number of benzene rings is 2. The van der Waals surface area contributed by atoms with Crippen molar-refractivity contribution in [3.63, 3.8) is 0 Å². The highest BCUT2D eigenvalue weighted by Gasteiger charge is 2.16. The van der Waals surface area contributed by atoms with Gasteiger partial charge in [0, 0.05) is 5.56 Å². The summed E-state index contributed by atoms with van der Waals surface area (Å²) in [6, 6.07) is 15.7.